The van der Waals surface area contributed by atoms with Crippen LogP contribution in [0.4, 0.5) is 24.7 Å². The molecular formula is C32H30BrF3N6O2. The molecule has 3 atom stereocenters. The fraction of sp³-hybridized carbons (Fsp3) is 0.375. The summed E-state index contributed by atoms with van der Waals surface area (Å²) in [6.07, 6.45) is 2.30. The third kappa shape index (κ3) is 4.92. The van der Waals surface area contributed by atoms with Crippen LogP contribution in [0.3, 0.4) is 0 Å². The summed E-state index contributed by atoms with van der Waals surface area (Å²) in [5.74, 6) is 0.231. The number of amides is 2. The van der Waals surface area contributed by atoms with Gasteiger partial charge in [-0.25, -0.2) is 9.67 Å². The second-order valence-electron chi connectivity index (χ2n) is 12.1. The Hall–Kier alpha value is -3.93. The Morgan fingerprint density at radius 2 is 1.89 bits per heavy atom. The van der Waals surface area contributed by atoms with Crippen molar-refractivity contribution in [3.05, 3.63) is 81.8 Å². The van der Waals surface area contributed by atoms with E-state index in [1.165, 1.54) is 12.1 Å². The number of hydrogen-bond donors (Lipinski definition) is 1. The maximum absolute atomic E-state index is 14.4. The predicted molar refractivity (Wildman–Crippen MR) is 161 cm³/mol. The van der Waals surface area contributed by atoms with E-state index >= 15 is 0 Å². The fourth-order valence-corrected chi connectivity index (χ4v) is 7.06. The quantitative estimate of drug-likeness (QED) is 0.247. The number of fused-ring (bicyclic) bond motifs is 3. The number of rotatable bonds is 5. The summed E-state index contributed by atoms with van der Waals surface area (Å²) >= 11 is 2.96. The molecule has 44 heavy (non-hydrogen) atoms. The van der Waals surface area contributed by atoms with Crippen LogP contribution in [0.2, 0.25) is 0 Å². The molecule has 7 rings (SSSR count). The van der Waals surface area contributed by atoms with Crippen molar-refractivity contribution in [2.24, 2.45) is 11.8 Å². The summed E-state index contributed by atoms with van der Waals surface area (Å²) in [5.41, 5.74) is 3.49. The van der Waals surface area contributed by atoms with Crippen molar-refractivity contribution in [2.75, 3.05) is 11.4 Å². The molecule has 2 amide bonds. The number of aryl methyl sites for hydroxylation is 1. The van der Waals surface area contributed by atoms with E-state index in [1.54, 1.807) is 16.1 Å². The maximum atomic E-state index is 14.4. The topological polar surface area (TPSA) is 87.1 Å². The molecule has 228 valence electrons. The number of nitrogens with one attached hydrogen (secondary N) is 1. The van der Waals surface area contributed by atoms with E-state index in [4.69, 9.17) is 5.10 Å². The van der Waals surface area contributed by atoms with Gasteiger partial charge in [0.25, 0.3) is 5.91 Å². The number of likely N-dealkylation sites (tertiary alicyclic amines) is 1. The number of aromatic nitrogens is 4. The predicted octanol–water partition coefficient (Wildman–Crippen LogP) is 7.09. The third-order valence-corrected chi connectivity index (χ3v) is 9.79. The lowest BCUT2D eigenvalue weighted by Gasteiger charge is -2.47. The second-order valence-corrected chi connectivity index (χ2v) is 12.9. The molecule has 2 aromatic carbocycles. The van der Waals surface area contributed by atoms with E-state index in [9.17, 15) is 22.8 Å². The SMILES string of the molecule is Cc1[nH]cnc1-c1ccc(N2C(=O)C3C[C@@H](C)N(C(=O)c4ccc(Br)c(C(F)(F)F)c4)CC3n3ncc(CC4CC4)c32)cc1. The van der Waals surface area contributed by atoms with E-state index in [1.807, 2.05) is 49.0 Å². The average molecular weight is 668 g/mol. The van der Waals surface area contributed by atoms with E-state index < -0.39 is 29.6 Å². The van der Waals surface area contributed by atoms with Crippen LogP contribution in [0, 0.1) is 18.8 Å². The molecule has 8 nitrogen and oxygen atoms in total. The van der Waals surface area contributed by atoms with Crippen molar-refractivity contribution in [1.82, 2.24) is 24.6 Å². The van der Waals surface area contributed by atoms with Crippen molar-refractivity contribution in [3.8, 4) is 11.3 Å². The average Bonchev–Trinajstić information content (AvgIpc) is 3.56. The summed E-state index contributed by atoms with van der Waals surface area (Å²) in [7, 11) is 0. The van der Waals surface area contributed by atoms with Crippen molar-refractivity contribution in [1.29, 1.82) is 0 Å². The minimum absolute atomic E-state index is 0.0445. The highest BCUT2D eigenvalue weighted by Gasteiger charge is 2.49. The standard InChI is InChI=1S/C32H30BrF3N6O2/c1-17-11-24-27(15-40(17)30(43)21-7-10-26(33)25(13-21)32(34,35)36)42-29(22(14-39-42)12-19-3-4-19)41(31(24)44)23-8-5-20(6-9-23)28-18(2)37-16-38-28/h5-10,13-14,16-17,19,24,27H,3-4,11-12,15H2,1-2H3,(H,37,38)/t17-,24?,27?/m1/s1. The number of imidazole rings is 1. The normalized spacial score (nSPS) is 21.8. The summed E-state index contributed by atoms with van der Waals surface area (Å²) in [5, 5.41) is 4.77. The van der Waals surface area contributed by atoms with E-state index in [2.05, 4.69) is 25.9 Å². The lowest BCUT2D eigenvalue weighted by Crippen LogP contribution is -2.56. The van der Waals surface area contributed by atoms with Gasteiger partial charge in [-0.05, 0) is 75.8 Å². The summed E-state index contributed by atoms with van der Waals surface area (Å²) in [6.45, 7) is 3.96. The molecule has 4 aromatic rings. The van der Waals surface area contributed by atoms with Crippen LogP contribution in [-0.2, 0) is 17.4 Å². The number of H-pyrrole nitrogens is 1. The van der Waals surface area contributed by atoms with Gasteiger partial charge in [-0.2, -0.15) is 18.3 Å². The van der Waals surface area contributed by atoms with Gasteiger partial charge >= 0.3 is 6.18 Å². The molecule has 2 fully saturated rings. The first kappa shape index (κ1) is 28.8. The van der Waals surface area contributed by atoms with Gasteiger partial charge in [-0.1, -0.05) is 28.1 Å². The fourth-order valence-electron chi connectivity index (χ4n) is 6.59. The number of aromatic amines is 1. The second kappa shape index (κ2) is 10.6. The van der Waals surface area contributed by atoms with Crippen LogP contribution in [-0.4, -0.2) is 49.0 Å². The van der Waals surface area contributed by atoms with Crippen molar-refractivity contribution in [2.45, 2.75) is 57.8 Å². The maximum Gasteiger partial charge on any atom is 0.417 e. The van der Waals surface area contributed by atoms with Crippen molar-refractivity contribution >= 4 is 39.2 Å². The molecule has 2 aliphatic heterocycles. The van der Waals surface area contributed by atoms with E-state index in [0.717, 1.165) is 53.5 Å². The Morgan fingerprint density at radius 1 is 1.14 bits per heavy atom. The highest BCUT2D eigenvalue weighted by Crippen LogP contribution is 2.46. The molecule has 1 saturated heterocycles. The molecule has 0 bridgehead atoms. The first-order valence-electron chi connectivity index (χ1n) is 14.7. The number of nitrogens with zero attached hydrogens (tertiary/aromatic N) is 5. The molecule has 2 aromatic heterocycles. The minimum atomic E-state index is -4.61. The number of piperidine rings is 1. The van der Waals surface area contributed by atoms with Crippen LogP contribution in [0.5, 0.6) is 0 Å². The highest BCUT2D eigenvalue weighted by molar-refractivity contribution is 9.10. The summed E-state index contributed by atoms with van der Waals surface area (Å²) in [6, 6.07) is 10.5. The van der Waals surface area contributed by atoms with E-state index in [0.29, 0.717) is 18.2 Å². The Labute approximate surface area is 260 Å². The number of carbonyl (C=O) groups is 2. The zero-order valence-electron chi connectivity index (χ0n) is 24.1. The molecule has 12 heteroatoms. The van der Waals surface area contributed by atoms with Gasteiger partial charge in [0.05, 0.1) is 41.4 Å². The number of hydrogen-bond acceptors (Lipinski definition) is 4. The molecule has 3 aliphatic rings. The first-order valence-corrected chi connectivity index (χ1v) is 15.5. The molecule has 1 aliphatic carbocycles. The molecule has 1 saturated carbocycles. The Morgan fingerprint density at radius 3 is 2.55 bits per heavy atom. The Kier molecular flexibility index (Phi) is 6.95. The van der Waals surface area contributed by atoms with Gasteiger partial charge in [0.2, 0.25) is 5.91 Å². The lowest BCUT2D eigenvalue weighted by molar-refractivity contribution is -0.138. The third-order valence-electron chi connectivity index (χ3n) is 9.09. The van der Waals surface area contributed by atoms with Crippen LogP contribution in [0.1, 0.15) is 59.4 Å². The van der Waals surface area contributed by atoms with Gasteiger partial charge in [0, 0.05) is 39.4 Å². The summed E-state index contributed by atoms with van der Waals surface area (Å²) < 4.78 is 42.6. The molecule has 1 N–H and O–H groups in total. The van der Waals surface area contributed by atoms with Gasteiger partial charge in [0.15, 0.2) is 0 Å². The molecule has 2 unspecified atom stereocenters. The number of carbonyl (C=O) groups excluding carboxylic acids is 2. The highest BCUT2D eigenvalue weighted by atomic mass is 79.9. The lowest BCUT2D eigenvalue weighted by atomic mass is 9.84. The van der Waals surface area contributed by atoms with Gasteiger partial charge in [-0.3, -0.25) is 14.5 Å². The first-order chi connectivity index (χ1) is 21.0. The van der Waals surface area contributed by atoms with Crippen LogP contribution < -0.4 is 4.90 Å². The van der Waals surface area contributed by atoms with Gasteiger partial charge in [-0.15, -0.1) is 0 Å². The molecule has 4 heterocycles. The van der Waals surface area contributed by atoms with Crippen LogP contribution >= 0.6 is 15.9 Å². The zero-order chi connectivity index (χ0) is 30.9. The number of anilines is 2. The van der Waals surface area contributed by atoms with E-state index in [-0.39, 0.29) is 28.5 Å². The summed E-state index contributed by atoms with van der Waals surface area (Å²) in [4.78, 5) is 38.9. The van der Waals surface area contributed by atoms with Crippen LogP contribution in [0.25, 0.3) is 11.3 Å². The number of benzene rings is 2. The van der Waals surface area contributed by atoms with Gasteiger partial charge < -0.3 is 9.88 Å². The minimum Gasteiger partial charge on any atom is -0.348 e. The van der Waals surface area contributed by atoms with Crippen molar-refractivity contribution < 1.29 is 22.8 Å². The molecule has 0 spiro atoms. The Bertz CT molecular complexity index is 1760. The smallest absolute Gasteiger partial charge is 0.348 e. The molecular weight excluding hydrogens is 637 g/mol. The number of alkyl halides is 3. The molecule has 0 radical (unpaired) electrons. The monoisotopic (exact) mass is 666 g/mol. The van der Waals surface area contributed by atoms with Crippen LogP contribution in [0.15, 0.2) is 59.5 Å². The number of halogens is 4. The zero-order valence-corrected chi connectivity index (χ0v) is 25.7. The van der Waals surface area contributed by atoms with Crippen molar-refractivity contribution in [3.63, 3.8) is 0 Å². The largest absolute Gasteiger partial charge is 0.417 e. The van der Waals surface area contributed by atoms with Gasteiger partial charge in [0.1, 0.15) is 5.82 Å². The Balaban J connectivity index is 1.24.